The lowest BCUT2D eigenvalue weighted by molar-refractivity contribution is -0.174. The number of nitrogens with one attached hydrogen (secondary N) is 1. The molecule has 1 atom stereocenters. The zero-order chi connectivity index (χ0) is 13.8. The van der Waals surface area contributed by atoms with Gasteiger partial charge >= 0.3 is 11.9 Å². The fourth-order valence-corrected chi connectivity index (χ4v) is 1.24. The van der Waals surface area contributed by atoms with Crippen molar-refractivity contribution in [1.29, 1.82) is 0 Å². The minimum Gasteiger partial charge on any atom is -0.456 e. The largest absolute Gasteiger partial charge is 0.456 e. The first-order valence-corrected chi connectivity index (χ1v) is 5.25. The number of anilines is 1. The quantitative estimate of drug-likeness (QED) is 0.841. The molecule has 0 saturated heterocycles. The van der Waals surface area contributed by atoms with Gasteiger partial charge in [-0.3, -0.25) is 9.59 Å². The number of carbonyl (C=O) groups excluding carboxylic acids is 2. The number of benzene rings is 1. The fourth-order valence-electron chi connectivity index (χ4n) is 1.24. The number of alkyl halides is 2. The molecular weight excluding hydrogens is 244 g/mol. The third-order valence-corrected chi connectivity index (χ3v) is 2.19. The summed E-state index contributed by atoms with van der Waals surface area (Å²) in [5.41, 5.74) is 0.247. The van der Waals surface area contributed by atoms with E-state index < -0.39 is 23.9 Å². The molecule has 0 unspecified atom stereocenters. The summed E-state index contributed by atoms with van der Waals surface area (Å²) in [7, 11) is 0. The monoisotopic (exact) mass is 257 g/mol. The SMILES string of the molecule is CC(=O)O[C@@H](C)C(F)(F)C(=O)Nc1ccccc1. The zero-order valence-corrected chi connectivity index (χ0v) is 9.94. The molecule has 1 aromatic carbocycles. The van der Waals surface area contributed by atoms with Gasteiger partial charge in [0.15, 0.2) is 6.10 Å². The van der Waals surface area contributed by atoms with E-state index in [0.717, 1.165) is 13.8 Å². The average Bonchev–Trinajstić information content (AvgIpc) is 2.29. The molecule has 18 heavy (non-hydrogen) atoms. The lowest BCUT2D eigenvalue weighted by Gasteiger charge is -2.22. The molecule has 0 fully saturated rings. The smallest absolute Gasteiger partial charge is 0.360 e. The van der Waals surface area contributed by atoms with Gasteiger partial charge in [0.25, 0.3) is 5.91 Å². The van der Waals surface area contributed by atoms with Crippen LogP contribution in [0.2, 0.25) is 0 Å². The van der Waals surface area contributed by atoms with E-state index in [9.17, 15) is 18.4 Å². The van der Waals surface area contributed by atoms with E-state index in [-0.39, 0.29) is 5.69 Å². The summed E-state index contributed by atoms with van der Waals surface area (Å²) in [4.78, 5) is 22.0. The molecule has 0 aliphatic carbocycles. The highest BCUT2D eigenvalue weighted by molar-refractivity contribution is 5.96. The Morgan fingerprint density at radius 3 is 2.33 bits per heavy atom. The van der Waals surface area contributed by atoms with Gasteiger partial charge in [-0.25, -0.2) is 0 Å². The Bertz CT molecular complexity index is 434. The first kappa shape index (κ1) is 14.1. The van der Waals surface area contributed by atoms with Gasteiger partial charge in [0.2, 0.25) is 0 Å². The van der Waals surface area contributed by atoms with Gasteiger partial charge in [-0.1, -0.05) is 18.2 Å². The first-order valence-electron chi connectivity index (χ1n) is 5.25. The van der Waals surface area contributed by atoms with Crippen molar-refractivity contribution in [2.24, 2.45) is 0 Å². The van der Waals surface area contributed by atoms with Crippen LogP contribution >= 0.6 is 0 Å². The van der Waals surface area contributed by atoms with E-state index in [1.165, 1.54) is 12.1 Å². The van der Waals surface area contributed by atoms with E-state index in [0.29, 0.717) is 0 Å². The topological polar surface area (TPSA) is 55.4 Å². The Morgan fingerprint density at radius 2 is 1.83 bits per heavy atom. The third-order valence-electron chi connectivity index (χ3n) is 2.19. The van der Waals surface area contributed by atoms with Crippen LogP contribution in [0.15, 0.2) is 30.3 Å². The highest BCUT2D eigenvalue weighted by atomic mass is 19.3. The summed E-state index contributed by atoms with van der Waals surface area (Å²) in [6.45, 7) is 1.97. The molecule has 0 saturated carbocycles. The minimum atomic E-state index is -3.79. The van der Waals surface area contributed by atoms with Crippen LogP contribution in [-0.4, -0.2) is 23.9 Å². The fraction of sp³-hybridized carbons (Fsp3) is 0.333. The maximum Gasteiger partial charge on any atom is 0.360 e. The van der Waals surface area contributed by atoms with Crippen molar-refractivity contribution in [1.82, 2.24) is 0 Å². The van der Waals surface area contributed by atoms with E-state index in [4.69, 9.17) is 0 Å². The summed E-state index contributed by atoms with van der Waals surface area (Å²) < 4.78 is 31.5. The lowest BCUT2D eigenvalue weighted by atomic mass is 10.2. The van der Waals surface area contributed by atoms with Crippen molar-refractivity contribution in [3.8, 4) is 0 Å². The molecule has 0 radical (unpaired) electrons. The Kier molecular flexibility index (Phi) is 4.36. The van der Waals surface area contributed by atoms with Gasteiger partial charge in [0.05, 0.1) is 0 Å². The summed E-state index contributed by atoms with van der Waals surface area (Å²) >= 11 is 0. The molecule has 0 heterocycles. The molecule has 1 amide bonds. The van der Waals surface area contributed by atoms with Gasteiger partial charge in [0, 0.05) is 12.6 Å². The van der Waals surface area contributed by atoms with E-state index in [1.54, 1.807) is 18.2 Å². The van der Waals surface area contributed by atoms with Crippen LogP contribution < -0.4 is 5.32 Å². The summed E-state index contributed by atoms with van der Waals surface area (Å²) in [5.74, 6) is -6.17. The van der Waals surface area contributed by atoms with Crippen LogP contribution in [0.3, 0.4) is 0 Å². The van der Waals surface area contributed by atoms with Crippen LogP contribution in [0.25, 0.3) is 0 Å². The van der Waals surface area contributed by atoms with E-state index in [1.807, 2.05) is 0 Å². The van der Waals surface area contributed by atoms with Gasteiger partial charge in [-0.2, -0.15) is 8.78 Å². The number of para-hydroxylation sites is 1. The highest BCUT2D eigenvalue weighted by Crippen LogP contribution is 2.23. The number of hydrogen-bond donors (Lipinski definition) is 1. The van der Waals surface area contributed by atoms with Crippen LogP contribution in [-0.2, 0) is 14.3 Å². The molecule has 1 rings (SSSR count). The van der Waals surface area contributed by atoms with Gasteiger partial charge in [-0.15, -0.1) is 0 Å². The van der Waals surface area contributed by atoms with Gasteiger partial charge < -0.3 is 10.1 Å². The number of hydrogen-bond acceptors (Lipinski definition) is 3. The standard InChI is InChI=1S/C12H13F2NO3/c1-8(18-9(2)16)12(13,14)11(17)15-10-6-4-3-5-7-10/h3-8H,1-2H3,(H,15,17)/t8-/m0/s1. The average molecular weight is 257 g/mol. The number of halogens is 2. The van der Waals surface area contributed by atoms with Gasteiger partial charge in [0.1, 0.15) is 0 Å². The van der Waals surface area contributed by atoms with Crippen molar-refractivity contribution in [3.05, 3.63) is 30.3 Å². The molecule has 0 bridgehead atoms. The first-order chi connectivity index (χ1) is 8.34. The maximum absolute atomic E-state index is 13.6. The van der Waals surface area contributed by atoms with Crippen molar-refractivity contribution >= 4 is 17.6 Å². The second-order valence-electron chi connectivity index (χ2n) is 3.69. The molecule has 0 aromatic heterocycles. The van der Waals surface area contributed by atoms with Crippen molar-refractivity contribution in [2.75, 3.05) is 5.32 Å². The Morgan fingerprint density at radius 1 is 1.28 bits per heavy atom. The summed E-state index contributed by atoms with van der Waals surface area (Å²) in [5, 5.41) is 2.06. The zero-order valence-electron chi connectivity index (χ0n) is 9.94. The van der Waals surface area contributed by atoms with Gasteiger partial charge in [-0.05, 0) is 19.1 Å². The molecule has 0 spiro atoms. The normalized spacial score (nSPS) is 12.7. The van der Waals surface area contributed by atoms with Crippen LogP contribution in [0.5, 0.6) is 0 Å². The highest BCUT2D eigenvalue weighted by Gasteiger charge is 2.47. The number of amides is 1. The van der Waals surface area contributed by atoms with Crippen molar-refractivity contribution < 1.29 is 23.1 Å². The maximum atomic E-state index is 13.6. The van der Waals surface area contributed by atoms with Crippen LogP contribution in [0, 0.1) is 0 Å². The van der Waals surface area contributed by atoms with Crippen molar-refractivity contribution in [3.63, 3.8) is 0 Å². The number of esters is 1. The second kappa shape index (κ2) is 5.57. The lowest BCUT2D eigenvalue weighted by Crippen LogP contribution is -2.45. The molecular formula is C12H13F2NO3. The second-order valence-corrected chi connectivity index (χ2v) is 3.69. The molecule has 0 aliphatic heterocycles. The number of carbonyl (C=O) groups is 2. The molecule has 4 nitrogen and oxygen atoms in total. The predicted octanol–water partition coefficient (Wildman–Crippen LogP) is 2.21. The summed E-state index contributed by atoms with van der Waals surface area (Å²) in [6, 6.07) is 7.84. The molecule has 1 N–H and O–H groups in total. The van der Waals surface area contributed by atoms with E-state index in [2.05, 4.69) is 10.1 Å². The number of ether oxygens (including phenoxy) is 1. The Balaban J connectivity index is 2.73. The molecule has 98 valence electrons. The number of rotatable bonds is 4. The molecule has 0 aliphatic rings. The predicted molar refractivity (Wildman–Crippen MR) is 61.2 cm³/mol. The summed E-state index contributed by atoms with van der Waals surface area (Å²) in [6.07, 6.45) is -1.82. The Labute approximate surface area is 103 Å². The Hall–Kier alpha value is -1.98. The third kappa shape index (κ3) is 3.51. The van der Waals surface area contributed by atoms with Crippen molar-refractivity contribution in [2.45, 2.75) is 25.9 Å². The molecule has 6 heteroatoms. The van der Waals surface area contributed by atoms with Crippen LogP contribution in [0.1, 0.15) is 13.8 Å². The van der Waals surface area contributed by atoms with E-state index >= 15 is 0 Å². The molecule has 1 aromatic rings. The van der Waals surface area contributed by atoms with Crippen LogP contribution in [0.4, 0.5) is 14.5 Å². The minimum absolute atomic E-state index is 0.247.